The monoisotopic (exact) mass is 429 g/mol. The number of pyridine rings is 1. The van der Waals surface area contributed by atoms with Gasteiger partial charge in [-0.05, 0) is 42.7 Å². The Bertz CT molecular complexity index is 1360. The number of H-pyrrole nitrogens is 1. The van der Waals surface area contributed by atoms with E-state index in [1.807, 2.05) is 31.2 Å². The predicted octanol–water partition coefficient (Wildman–Crippen LogP) is 4.55. The number of amides is 1. The summed E-state index contributed by atoms with van der Waals surface area (Å²) in [6.07, 6.45) is 1.12. The molecule has 0 bridgehead atoms. The van der Waals surface area contributed by atoms with Crippen molar-refractivity contribution in [1.29, 1.82) is 0 Å². The molecule has 0 fully saturated rings. The van der Waals surface area contributed by atoms with Gasteiger partial charge in [0.25, 0.3) is 0 Å². The van der Waals surface area contributed by atoms with Crippen LogP contribution in [0.2, 0.25) is 0 Å². The lowest BCUT2D eigenvalue weighted by molar-refractivity contribution is 0.102. The van der Waals surface area contributed by atoms with E-state index in [1.165, 1.54) is 16.3 Å². The van der Waals surface area contributed by atoms with Gasteiger partial charge in [0.1, 0.15) is 0 Å². The fraction of sp³-hybridized carbons (Fsp3) is 0.280. The summed E-state index contributed by atoms with van der Waals surface area (Å²) in [7, 11) is 0. The Balaban J connectivity index is 1.48. The summed E-state index contributed by atoms with van der Waals surface area (Å²) in [5.74, 6) is 1.54. The van der Waals surface area contributed by atoms with Crippen molar-refractivity contribution in [2.24, 2.45) is 0 Å². The van der Waals surface area contributed by atoms with E-state index in [2.05, 4.69) is 23.2 Å². The van der Waals surface area contributed by atoms with Crippen molar-refractivity contribution >= 4 is 27.9 Å². The summed E-state index contributed by atoms with van der Waals surface area (Å²) in [4.78, 5) is 22.8. The number of hydrogen-bond acceptors (Lipinski definition) is 5. The predicted molar refractivity (Wildman–Crippen MR) is 120 cm³/mol. The molecular formula is C25H23N3O4. The molecule has 4 heterocycles. The van der Waals surface area contributed by atoms with E-state index in [4.69, 9.17) is 19.2 Å². The summed E-state index contributed by atoms with van der Waals surface area (Å²) in [5.41, 5.74) is 6.37. The van der Waals surface area contributed by atoms with E-state index in [0.29, 0.717) is 26.1 Å². The van der Waals surface area contributed by atoms with E-state index >= 15 is 0 Å². The zero-order chi connectivity index (χ0) is 21.7. The van der Waals surface area contributed by atoms with Crippen LogP contribution in [-0.2, 0) is 24.1 Å². The second kappa shape index (κ2) is 7.44. The largest absolute Gasteiger partial charge is 0.454 e. The van der Waals surface area contributed by atoms with Crippen molar-refractivity contribution < 1.29 is 19.0 Å². The Hall–Kier alpha value is -3.74. The molecule has 32 heavy (non-hydrogen) atoms. The van der Waals surface area contributed by atoms with Crippen LogP contribution in [0.25, 0.3) is 21.8 Å². The third-order valence-corrected chi connectivity index (χ3v) is 6.22. The average Bonchev–Trinajstić information content (AvgIpc) is 3.43. The number of ether oxygens (including phenoxy) is 3. The number of carbonyl (C=O) groups is 1. The lowest BCUT2D eigenvalue weighted by Gasteiger charge is -2.28. The Morgan fingerprint density at radius 1 is 1.19 bits per heavy atom. The van der Waals surface area contributed by atoms with Crippen molar-refractivity contribution in [2.75, 3.05) is 19.9 Å². The molecule has 0 aliphatic carbocycles. The smallest absolute Gasteiger partial charge is 0.410 e. The first kappa shape index (κ1) is 19.0. The number of aromatic amines is 1. The minimum Gasteiger partial charge on any atom is -0.454 e. The zero-order valence-electron chi connectivity index (χ0n) is 17.8. The maximum atomic E-state index is 12.4. The highest BCUT2D eigenvalue weighted by molar-refractivity contribution is 6.10. The van der Waals surface area contributed by atoms with Crippen LogP contribution in [0, 0.1) is 0 Å². The lowest BCUT2D eigenvalue weighted by atomic mass is 9.96. The second-order valence-corrected chi connectivity index (χ2v) is 8.14. The molecule has 0 atom stereocenters. The number of benzene rings is 2. The molecular weight excluding hydrogens is 406 g/mol. The van der Waals surface area contributed by atoms with Crippen LogP contribution >= 0.6 is 0 Å². The summed E-state index contributed by atoms with van der Waals surface area (Å²) in [6, 6.07) is 14.4. The number of para-hydroxylation sites is 1. The van der Waals surface area contributed by atoms with E-state index < -0.39 is 0 Å². The Morgan fingerprint density at radius 3 is 2.97 bits per heavy atom. The van der Waals surface area contributed by atoms with E-state index in [1.54, 1.807) is 4.90 Å². The first-order valence-corrected chi connectivity index (χ1v) is 10.9. The van der Waals surface area contributed by atoms with E-state index in [0.717, 1.165) is 45.9 Å². The number of aromatic nitrogens is 2. The second-order valence-electron chi connectivity index (χ2n) is 8.14. The molecule has 2 aliphatic rings. The van der Waals surface area contributed by atoms with Crippen LogP contribution in [0.3, 0.4) is 0 Å². The number of carbonyl (C=O) groups excluding carboxylic acids is 1. The standard InChI is InChI=1S/C25H23N3O4/c1-2-30-25(29)28-10-9-17-20(13-28)26-19(11-15-7-8-21-22(12-15)32-14-31-21)24-23(17)16-5-3-4-6-18(16)27-24/h3-8,12,27H,2,9-11,13-14H2,1H3. The molecule has 0 saturated heterocycles. The molecule has 6 rings (SSSR count). The third kappa shape index (κ3) is 3.04. The van der Waals surface area contributed by atoms with Gasteiger partial charge in [-0.3, -0.25) is 4.98 Å². The number of rotatable bonds is 3. The maximum Gasteiger partial charge on any atom is 0.410 e. The molecule has 162 valence electrons. The van der Waals surface area contributed by atoms with Gasteiger partial charge in [0.2, 0.25) is 6.79 Å². The maximum absolute atomic E-state index is 12.4. The van der Waals surface area contributed by atoms with Gasteiger partial charge in [-0.25, -0.2) is 4.79 Å². The molecule has 2 aromatic heterocycles. The van der Waals surface area contributed by atoms with Gasteiger partial charge >= 0.3 is 6.09 Å². The quantitative estimate of drug-likeness (QED) is 0.517. The SMILES string of the molecule is CCOC(=O)N1CCc2c(nc(Cc3ccc4c(c3)OCO4)c3[nH]c4ccccc4c23)C1. The number of hydrogen-bond donors (Lipinski definition) is 1. The third-order valence-electron chi connectivity index (χ3n) is 6.22. The molecule has 2 aromatic carbocycles. The van der Waals surface area contributed by atoms with Crippen molar-refractivity contribution in [2.45, 2.75) is 26.3 Å². The average molecular weight is 429 g/mol. The summed E-state index contributed by atoms with van der Waals surface area (Å²) in [6.45, 7) is 3.53. The van der Waals surface area contributed by atoms with Crippen LogP contribution in [0.15, 0.2) is 42.5 Å². The highest BCUT2D eigenvalue weighted by atomic mass is 16.7. The normalized spacial score (nSPS) is 14.7. The number of fused-ring (bicyclic) bond motifs is 6. The molecule has 2 aliphatic heterocycles. The lowest BCUT2D eigenvalue weighted by Crippen LogP contribution is -2.37. The van der Waals surface area contributed by atoms with E-state index in [9.17, 15) is 4.79 Å². The van der Waals surface area contributed by atoms with Crippen LogP contribution in [0.1, 0.15) is 29.4 Å². The van der Waals surface area contributed by atoms with Crippen molar-refractivity contribution in [3.63, 3.8) is 0 Å². The van der Waals surface area contributed by atoms with Crippen LogP contribution < -0.4 is 9.47 Å². The first-order valence-electron chi connectivity index (χ1n) is 10.9. The molecule has 0 unspecified atom stereocenters. The minimum absolute atomic E-state index is 0.256. The van der Waals surface area contributed by atoms with Crippen molar-refractivity contribution in [1.82, 2.24) is 14.9 Å². The topological polar surface area (TPSA) is 76.7 Å². The Kier molecular flexibility index (Phi) is 4.41. The molecule has 1 N–H and O–H groups in total. The van der Waals surface area contributed by atoms with Crippen LogP contribution in [-0.4, -0.2) is 40.9 Å². The van der Waals surface area contributed by atoms with Crippen molar-refractivity contribution in [3.8, 4) is 11.5 Å². The van der Waals surface area contributed by atoms with Gasteiger partial charge < -0.3 is 24.1 Å². The minimum atomic E-state index is -0.281. The van der Waals surface area contributed by atoms with E-state index in [-0.39, 0.29) is 12.9 Å². The molecule has 4 aromatic rings. The van der Waals surface area contributed by atoms with Gasteiger partial charge in [-0.1, -0.05) is 24.3 Å². The molecule has 0 radical (unpaired) electrons. The van der Waals surface area contributed by atoms with Crippen LogP contribution in [0.4, 0.5) is 4.79 Å². The summed E-state index contributed by atoms with van der Waals surface area (Å²) < 4.78 is 16.2. The molecule has 0 saturated carbocycles. The first-order chi connectivity index (χ1) is 15.7. The Labute approximate surface area is 184 Å². The van der Waals surface area contributed by atoms with Gasteiger partial charge in [-0.2, -0.15) is 0 Å². The number of nitrogens with one attached hydrogen (secondary N) is 1. The van der Waals surface area contributed by atoms with Gasteiger partial charge in [-0.15, -0.1) is 0 Å². The molecule has 7 heteroatoms. The fourth-order valence-corrected chi connectivity index (χ4v) is 4.75. The van der Waals surface area contributed by atoms with Gasteiger partial charge in [0, 0.05) is 29.3 Å². The molecule has 1 amide bonds. The fourth-order valence-electron chi connectivity index (χ4n) is 4.75. The zero-order valence-corrected chi connectivity index (χ0v) is 17.8. The summed E-state index contributed by atoms with van der Waals surface area (Å²) >= 11 is 0. The highest BCUT2D eigenvalue weighted by Gasteiger charge is 2.27. The molecule has 0 spiro atoms. The van der Waals surface area contributed by atoms with Crippen molar-refractivity contribution in [3.05, 3.63) is 65.0 Å². The van der Waals surface area contributed by atoms with Crippen LogP contribution in [0.5, 0.6) is 11.5 Å². The summed E-state index contributed by atoms with van der Waals surface area (Å²) in [5, 5.41) is 2.41. The molecule has 7 nitrogen and oxygen atoms in total. The number of nitrogens with zero attached hydrogens (tertiary/aromatic N) is 2. The highest BCUT2D eigenvalue weighted by Crippen LogP contribution is 2.37. The Morgan fingerprint density at radius 2 is 2.06 bits per heavy atom. The van der Waals surface area contributed by atoms with Gasteiger partial charge in [0.15, 0.2) is 11.5 Å². The van der Waals surface area contributed by atoms with Gasteiger partial charge in [0.05, 0.1) is 30.1 Å².